The van der Waals surface area contributed by atoms with Gasteiger partial charge < -0.3 is 14.8 Å². The molecule has 1 atom stereocenters. The molecule has 100 valence electrons. The topological polar surface area (TPSA) is 33.7 Å². The molecule has 0 saturated carbocycles. The molecule has 0 amide bonds. The standard InChI is InChI=1S/C14H22N2O2/c1-15-12-6-7-16(10-12)9-11-4-5-13(17-2)14(8-11)18-3/h4-5,8,12,15H,6-7,9-10H2,1-3H3. The van der Waals surface area contributed by atoms with Crippen molar-refractivity contribution in [2.75, 3.05) is 34.4 Å². The summed E-state index contributed by atoms with van der Waals surface area (Å²) in [6.45, 7) is 3.24. The number of likely N-dealkylation sites (tertiary alicyclic amines) is 1. The SMILES string of the molecule is CNC1CCN(Cc2ccc(OC)c(OC)c2)C1. The maximum atomic E-state index is 5.33. The van der Waals surface area contributed by atoms with E-state index in [1.165, 1.54) is 12.0 Å². The number of hydrogen-bond acceptors (Lipinski definition) is 4. The Morgan fingerprint density at radius 2 is 2.06 bits per heavy atom. The van der Waals surface area contributed by atoms with Crippen molar-refractivity contribution >= 4 is 0 Å². The molecule has 1 aromatic rings. The smallest absolute Gasteiger partial charge is 0.161 e. The number of rotatable bonds is 5. The van der Waals surface area contributed by atoms with E-state index < -0.39 is 0 Å². The fourth-order valence-electron chi connectivity index (χ4n) is 2.45. The highest BCUT2D eigenvalue weighted by Crippen LogP contribution is 2.28. The molecule has 1 aromatic carbocycles. The zero-order valence-electron chi connectivity index (χ0n) is 11.4. The largest absolute Gasteiger partial charge is 0.493 e. The Morgan fingerprint density at radius 1 is 1.28 bits per heavy atom. The minimum absolute atomic E-state index is 0.630. The van der Waals surface area contributed by atoms with Gasteiger partial charge in [-0.3, -0.25) is 4.90 Å². The molecule has 1 fully saturated rings. The van der Waals surface area contributed by atoms with E-state index in [9.17, 15) is 0 Å². The van der Waals surface area contributed by atoms with Gasteiger partial charge in [0, 0.05) is 25.7 Å². The van der Waals surface area contributed by atoms with Gasteiger partial charge in [0.15, 0.2) is 11.5 Å². The van der Waals surface area contributed by atoms with Crippen LogP contribution < -0.4 is 14.8 Å². The third-order valence-corrected chi connectivity index (χ3v) is 3.53. The molecule has 18 heavy (non-hydrogen) atoms. The minimum Gasteiger partial charge on any atom is -0.493 e. The van der Waals surface area contributed by atoms with Crippen molar-refractivity contribution in [2.24, 2.45) is 0 Å². The van der Waals surface area contributed by atoms with Crippen LogP contribution in [0.5, 0.6) is 11.5 Å². The summed E-state index contributed by atoms with van der Waals surface area (Å²) in [5, 5.41) is 3.33. The summed E-state index contributed by atoms with van der Waals surface area (Å²) in [6.07, 6.45) is 1.23. The Hall–Kier alpha value is -1.26. The van der Waals surface area contributed by atoms with Crippen LogP contribution in [-0.4, -0.2) is 45.3 Å². The summed E-state index contributed by atoms with van der Waals surface area (Å²) in [4.78, 5) is 2.46. The van der Waals surface area contributed by atoms with Crippen LogP contribution in [0.3, 0.4) is 0 Å². The average molecular weight is 250 g/mol. The number of ether oxygens (including phenoxy) is 2. The molecule has 0 aliphatic carbocycles. The number of methoxy groups -OCH3 is 2. The summed E-state index contributed by atoms with van der Waals surface area (Å²) in [5.74, 6) is 1.59. The highest BCUT2D eigenvalue weighted by Gasteiger charge is 2.20. The van der Waals surface area contributed by atoms with E-state index >= 15 is 0 Å². The van der Waals surface area contributed by atoms with Gasteiger partial charge in [-0.1, -0.05) is 6.07 Å². The molecular weight excluding hydrogens is 228 g/mol. The van der Waals surface area contributed by atoms with Crippen molar-refractivity contribution < 1.29 is 9.47 Å². The highest BCUT2D eigenvalue weighted by molar-refractivity contribution is 5.42. The van der Waals surface area contributed by atoms with Gasteiger partial charge in [-0.05, 0) is 31.2 Å². The Morgan fingerprint density at radius 3 is 2.67 bits per heavy atom. The van der Waals surface area contributed by atoms with Crippen molar-refractivity contribution in [1.29, 1.82) is 0 Å². The fraction of sp³-hybridized carbons (Fsp3) is 0.571. The molecule has 0 bridgehead atoms. The summed E-state index contributed by atoms with van der Waals surface area (Å²) in [5.41, 5.74) is 1.27. The van der Waals surface area contributed by atoms with Crippen molar-refractivity contribution in [3.8, 4) is 11.5 Å². The van der Waals surface area contributed by atoms with E-state index in [4.69, 9.17) is 9.47 Å². The predicted octanol–water partition coefficient (Wildman–Crippen LogP) is 1.50. The molecule has 1 aliphatic heterocycles. The lowest BCUT2D eigenvalue weighted by molar-refractivity contribution is 0.319. The van der Waals surface area contributed by atoms with E-state index in [0.717, 1.165) is 31.1 Å². The lowest BCUT2D eigenvalue weighted by atomic mass is 10.2. The van der Waals surface area contributed by atoms with Crippen LogP contribution in [0, 0.1) is 0 Å². The van der Waals surface area contributed by atoms with Gasteiger partial charge >= 0.3 is 0 Å². The monoisotopic (exact) mass is 250 g/mol. The first kappa shape index (κ1) is 13.2. The van der Waals surface area contributed by atoms with E-state index in [1.54, 1.807) is 14.2 Å². The summed E-state index contributed by atoms with van der Waals surface area (Å²) in [6, 6.07) is 6.77. The summed E-state index contributed by atoms with van der Waals surface area (Å²) < 4.78 is 10.6. The maximum absolute atomic E-state index is 5.33. The van der Waals surface area contributed by atoms with Crippen LogP contribution in [0.4, 0.5) is 0 Å². The Balaban J connectivity index is 2.01. The first-order valence-electron chi connectivity index (χ1n) is 6.37. The van der Waals surface area contributed by atoms with Crippen molar-refractivity contribution in [3.63, 3.8) is 0 Å². The van der Waals surface area contributed by atoms with Crippen molar-refractivity contribution in [3.05, 3.63) is 23.8 Å². The number of nitrogens with zero attached hydrogens (tertiary/aromatic N) is 1. The van der Waals surface area contributed by atoms with Crippen LogP contribution in [0.15, 0.2) is 18.2 Å². The molecule has 1 heterocycles. The Bertz CT molecular complexity index is 395. The number of nitrogens with one attached hydrogen (secondary N) is 1. The first-order chi connectivity index (χ1) is 8.76. The second-order valence-electron chi connectivity index (χ2n) is 4.70. The van der Waals surface area contributed by atoms with Gasteiger partial charge in [-0.25, -0.2) is 0 Å². The van der Waals surface area contributed by atoms with Crippen LogP contribution in [0.2, 0.25) is 0 Å². The molecule has 1 N–H and O–H groups in total. The van der Waals surface area contributed by atoms with Crippen molar-refractivity contribution in [1.82, 2.24) is 10.2 Å². The second kappa shape index (κ2) is 6.07. The zero-order valence-corrected chi connectivity index (χ0v) is 11.4. The van der Waals surface area contributed by atoms with Gasteiger partial charge in [0.25, 0.3) is 0 Å². The van der Waals surface area contributed by atoms with Gasteiger partial charge in [-0.2, -0.15) is 0 Å². The lowest BCUT2D eigenvalue weighted by Crippen LogP contribution is -2.29. The quantitative estimate of drug-likeness (QED) is 0.858. The average Bonchev–Trinajstić information content (AvgIpc) is 2.86. The third-order valence-electron chi connectivity index (χ3n) is 3.53. The maximum Gasteiger partial charge on any atom is 0.161 e. The lowest BCUT2D eigenvalue weighted by Gasteiger charge is -2.17. The Labute approximate surface area is 109 Å². The minimum atomic E-state index is 0.630. The molecule has 4 heteroatoms. The van der Waals surface area contributed by atoms with Crippen LogP contribution in [0.25, 0.3) is 0 Å². The molecule has 1 unspecified atom stereocenters. The van der Waals surface area contributed by atoms with E-state index in [2.05, 4.69) is 22.3 Å². The van der Waals surface area contributed by atoms with Gasteiger partial charge in [0.2, 0.25) is 0 Å². The molecule has 0 radical (unpaired) electrons. The fourth-order valence-corrected chi connectivity index (χ4v) is 2.45. The van der Waals surface area contributed by atoms with Crippen LogP contribution >= 0.6 is 0 Å². The number of likely N-dealkylation sites (N-methyl/N-ethyl adjacent to an activating group) is 1. The van der Waals surface area contributed by atoms with Gasteiger partial charge in [-0.15, -0.1) is 0 Å². The Kier molecular flexibility index (Phi) is 4.44. The molecule has 1 aliphatic rings. The summed E-state index contributed by atoms with van der Waals surface area (Å²) >= 11 is 0. The van der Waals surface area contributed by atoms with E-state index in [0.29, 0.717) is 6.04 Å². The number of benzene rings is 1. The second-order valence-corrected chi connectivity index (χ2v) is 4.70. The molecule has 2 rings (SSSR count). The third kappa shape index (κ3) is 2.94. The molecule has 1 saturated heterocycles. The molecule has 0 spiro atoms. The molecular formula is C14H22N2O2. The normalized spacial score (nSPS) is 20.1. The van der Waals surface area contributed by atoms with E-state index in [-0.39, 0.29) is 0 Å². The van der Waals surface area contributed by atoms with Gasteiger partial charge in [0.1, 0.15) is 0 Å². The molecule has 0 aromatic heterocycles. The predicted molar refractivity (Wildman–Crippen MR) is 72.3 cm³/mol. The van der Waals surface area contributed by atoms with Crippen molar-refractivity contribution in [2.45, 2.75) is 19.0 Å². The van der Waals surface area contributed by atoms with Gasteiger partial charge in [0.05, 0.1) is 14.2 Å². The highest BCUT2D eigenvalue weighted by atomic mass is 16.5. The van der Waals surface area contributed by atoms with Crippen LogP contribution in [-0.2, 0) is 6.54 Å². The summed E-state index contributed by atoms with van der Waals surface area (Å²) in [7, 11) is 5.37. The first-order valence-corrected chi connectivity index (χ1v) is 6.37. The zero-order chi connectivity index (χ0) is 13.0. The van der Waals surface area contributed by atoms with Crippen LogP contribution in [0.1, 0.15) is 12.0 Å². The molecule has 4 nitrogen and oxygen atoms in total. The van der Waals surface area contributed by atoms with E-state index in [1.807, 2.05) is 13.1 Å². The number of hydrogen-bond donors (Lipinski definition) is 1.